The molecule has 1 atom stereocenters. The summed E-state index contributed by atoms with van der Waals surface area (Å²) < 4.78 is 5.13. The summed E-state index contributed by atoms with van der Waals surface area (Å²) in [6, 6.07) is 8.13. The normalized spacial score (nSPS) is 16.4. The average Bonchev–Trinajstić information content (AvgIpc) is 2.99. The topological polar surface area (TPSA) is 41.6 Å². The lowest BCUT2D eigenvalue weighted by Gasteiger charge is -2.21. The third kappa shape index (κ3) is 4.05. The summed E-state index contributed by atoms with van der Waals surface area (Å²) in [5.41, 5.74) is 2.34. The molecule has 1 aromatic rings. The van der Waals surface area contributed by atoms with E-state index in [-0.39, 0.29) is 11.9 Å². The quantitative estimate of drug-likeness (QED) is 0.863. The van der Waals surface area contributed by atoms with Crippen LogP contribution >= 0.6 is 0 Å². The molecule has 0 aliphatic carbocycles. The number of ether oxygens (including phenoxy) is 1. The fourth-order valence-corrected chi connectivity index (χ4v) is 2.57. The van der Waals surface area contributed by atoms with Crippen LogP contribution in [0.25, 0.3) is 0 Å². The van der Waals surface area contributed by atoms with E-state index in [1.165, 1.54) is 5.56 Å². The van der Waals surface area contributed by atoms with Crippen molar-refractivity contribution in [2.45, 2.75) is 39.0 Å². The Kier molecular flexibility index (Phi) is 5.56. The largest absolute Gasteiger partial charge is 0.380 e. The SMILES string of the molecule is COCc1cccc(CNC(C)C(=O)N2CCCC2)c1. The second-order valence-electron chi connectivity index (χ2n) is 5.39. The zero-order chi connectivity index (χ0) is 14.4. The molecule has 1 saturated heterocycles. The van der Waals surface area contributed by atoms with Gasteiger partial charge in [0.1, 0.15) is 0 Å². The molecule has 20 heavy (non-hydrogen) atoms. The van der Waals surface area contributed by atoms with Crippen LogP contribution in [0.5, 0.6) is 0 Å². The molecule has 4 nitrogen and oxygen atoms in total. The maximum atomic E-state index is 12.2. The Balaban J connectivity index is 1.84. The van der Waals surface area contributed by atoms with Crippen LogP contribution < -0.4 is 5.32 Å². The van der Waals surface area contributed by atoms with Gasteiger partial charge in [-0.15, -0.1) is 0 Å². The summed E-state index contributed by atoms with van der Waals surface area (Å²) in [7, 11) is 1.70. The molecule has 1 aliphatic rings. The van der Waals surface area contributed by atoms with E-state index in [0.29, 0.717) is 13.2 Å². The van der Waals surface area contributed by atoms with Gasteiger partial charge in [0.25, 0.3) is 0 Å². The van der Waals surface area contributed by atoms with E-state index in [1.807, 2.05) is 24.0 Å². The molecule has 1 amide bonds. The van der Waals surface area contributed by atoms with Gasteiger partial charge in [0.15, 0.2) is 0 Å². The molecule has 1 fully saturated rings. The zero-order valence-corrected chi connectivity index (χ0v) is 12.4. The molecule has 0 aromatic heterocycles. The van der Waals surface area contributed by atoms with Crippen molar-refractivity contribution in [3.05, 3.63) is 35.4 Å². The Morgan fingerprint density at radius 2 is 2.05 bits per heavy atom. The second kappa shape index (κ2) is 7.41. The summed E-state index contributed by atoms with van der Waals surface area (Å²) in [4.78, 5) is 14.1. The van der Waals surface area contributed by atoms with Crippen LogP contribution in [0.4, 0.5) is 0 Å². The van der Waals surface area contributed by atoms with Gasteiger partial charge in [-0.05, 0) is 30.9 Å². The number of methoxy groups -OCH3 is 1. The van der Waals surface area contributed by atoms with Crippen molar-refractivity contribution in [2.75, 3.05) is 20.2 Å². The van der Waals surface area contributed by atoms with Crippen molar-refractivity contribution in [3.8, 4) is 0 Å². The number of rotatable bonds is 6. The van der Waals surface area contributed by atoms with E-state index in [4.69, 9.17) is 4.74 Å². The summed E-state index contributed by atoms with van der Waals surface area (Å²) >= 11 is 0. The lowest BCUT2D eigenvalue weighted by atomic mass is 10.1. The van der Waals surface area contributed by atoms with Gasteiger partial charge in [-0.25, -0.2) is 0 Å². The van der Waals surface area contributed by atoms with E-state index in [9.17, 15) is 4.79 Å². The summed E-state index contributed by atoms with van der Waals surface area (Å²) in [5.74, 6) is 0.218. The number of nitrogens with one attached hydrogen (secondary N) is 1. The highest BCUT2D eigenvalue weighted by Gasteiger charge is 2.22. The fraction of sp³-hybridized carbons (Fsp3) is 0.562. The van der Waals surface area contributed by atoms with Crippen LogP contribution in [0.1, 0.15) is 30.9 Å². The Morgan fingerprint density at radius 1 is 1.35 bits per heavy atom. The third-order valence-electron chi connectivity index (χ3n) is 3.70. The highest BCUT2D eigenvalue weighted by Crippen LogP contribution is 2.10. The van der Waals surface area contributed by atoms with Crippen LogP contribution in [0, 0.1) is 0 Å². The Morgan fingerprint density at radius 3 is 2.75 bits per heavy atom. The van der Waals surface area contributed by atoms with E-state index < -0.39 is 0 Å². The first-order chi connectivity index (χ1) is 9.70. The standard InChI is InChI=1S/C16H24N2O2/c1-13(16(19)18-8-3-4-9-18)17-11-14-6-5-7-15(10-14)12-20-2/h5-7,10,13,17H,3-4,8-9,11-12H2,1-2H3. The molecule has 110 valence electrons. The molecule has 1 unspecified atom stereocenters. The molecular weight excluding hydrogens is 252 g/mol. The molecule has 1 heterocycles. The molecule has 0 bridgehead atoms. The van der Waals surface area contributed by atoms with E-state index in [1.54, 1.807) is 7.11 Å². The number of carbonyl (C=O) groups is 1. The molecule has 0 spiro atoms. The average molecular weight is 276 g/mol. The summed E-state index contributed by atoms with van der Waals surface area (Å²) in [6.45, 7) is 5.09. The van der Waals surface area contributed by atoms with Gasteiger partial charge in [0, 0.05) is 26.7 Å². The predicted octanol–water partition coefficient (Wildman–Crippen LogP) is 1.93. The van der Waals surface area contributed by atoms with Gasteiger partial charge in [0.2, 0.25) is 5.91 Å². The summed E-state index contributed by atoms with van der Waals surface area (Å²) in [6.07, 6.45) is 2.27. The lowest BCUT2D eigenvalue weighted by molar-refractivity contribution is -0.131. The first-order valence-electron chi connectivity index (χ1n) is 7.29. The van der Waals surface area contributed by atoms with Crippen LogP contribution in [-0.2, 0) is 22.7 Å². The Labute approximate surface area is 121 Å². The van der Waals surface area contributed by atoms with E-state index in [0.717, 1.165) is 31.5 Å². The van der Waals surface area contributed by atoms with Gasteiger partial charge in [-0.3, -0.25) is 4.79 Å². The monoisotopic (exact) mass is 276 g/mol. The van der Waals surface area contributed by atoms with Gasteiger partial charge >= 0.3 is 0 Å². The van der Waals surface area contributed by atoms with Crippen molar-refractivity contribution in [1.82, 2.24) is 10.2 Å². The molecule has 1 N–H and O–H groups in total. The van der Waals surface area contributed by atoms with Crippen molar-refractivity contribution in [1.29, 1.82) is 0 Å². The molecule has 4 heteroatoms. The van der Waals surface area contributed by atoms with Gasteiger partial charge < -0.3 is 15.0 Å². The number of benzene rings is 1. The smallest absolute Gasteiger partial charge is 0.239 e. The lowest BCUT2D eigenvalue weighted by Crippen LogP contribution is -2.43. The van der Waals surface area contributed by atoms with Crippen LogP contribution in [0.3, 0.4) is 0 Å². The highest BCUT2D eigenvalue weighted by atomic mass is 16.5. The van der Waals surface area contributed by atoms with Crippen LogP contribution in [-0.4, -0.2) is 37.0 Å². The summed E-state index contributed by atoms with van der Waals surface area (Å²) in [5, 5.41) is 3.31. The number of hydrogen-bond acceptors (Lipinski definition) is 3. The molecular formula is C16H24N2O2. The van der Waals surface area contributed by atoms with Crippen molar-refractivity contribution in [2.24, 2.45) is 0 Å². The first-order valence-corrected chi connectivity index (χ1v) is 7.29. The number of likely N-dealkylation sites (tertiary alicyclic amines) is 1. The van der Waals surface area contributed by atoms with Gasteiger partial charge in [-0.1, -0.05) is 24.3 Å². The zero-order valence-electron chi connectivity index (χ0n) is 12.4. The van der Waals surface area contributed by atoms with Crippen molar-refractivity contribution < 1.29 is 9.53 Å². The maximum absolute atomic E-state index is 12.2. The predicted molar refractivity (Wildman–Crippen MR) is 79.3 cm³/mol. The molecule has 0 saturated carbocycles. The minimum atomic E-state index is -0.126. The number of amides is 1. The van der Waals surface area contributed by atoms with E-state index in [2.05, 4.69) is 17.4 Å². The second-order valence-corrected chi connectivity index (χ2v) is 5.39. The first kappa shape index (κ1) is 15.0. The third-order valence-corrected chi connectivity index (χ3v) is 3.70. The number of carbonyl (C=O) groups excluding carboxylic acids is 1. The Bertz CT molecular complexity index is 442. The highest BCUT2D eigenvalue weighted by molar-refractivity contribution is 5.81. The molecule has 0 radical (unpaired) electrons. The number of hydrogen-bond donors (Lipinski definition) is 1. The molecule has 1 aromatic carbocycles. The minimum Gasteiger partial charge on any atom is -0.380 e. The Hall–Kier alpha value is -1.39. The van der Waals surface area contributed by atoms with Crippen molar-refractivity contribution >= 4 is 5.91 Å². The molecule has 1 aliphatic heterocycles. The minimum absolute atomic E-state index is 0.126. The van der Waals surface area contributed by atoms with Crippen molar-refractivity contribution in [3.63, 3.8) is 0 Å². The fourth-order valence-electron chi connectivity index (χ4n) is 2.57. The van der Waals surface area contributed by atoms with Crippen LogP contribution in [0.2, 0.25) is 0 Å². The number of nitrogens with zero attached hydrogens (tertiary/aromatic N) is 1. The van der Waals surface area contributed by atoms with Gasteiger partial charge in [0.05, 0.1) is 12.6 Å². The maximum Gasteiger partial charge on any atom is 0.239 e. The van der Waals surface area contributed by atoms with Gasteiger partial charge in [-0.2, -0.15) is 0 Å². The van der Waals surface area contributed by atoms with Crippen LogP contribution in [0.15, 0.2) is 24.3 Å². The van der Waals surface area contributed by atoms with E-state index >= 15 is 0 Å². The molecule has 2 rings (SSSR count).